The molecule has 2 aromatic rings. The lowest BCUT2D eigenvalue weighted by Crippen LogP contribution is -1.97. The Balaban J connectivity index is 2.32. The predicted octanol–water partition coefficient (Wildman–Crippen LogP) is 1.85. The third kappa shape index (κ3) is 3.21. The van der Waals surface area contributed by atoms with Gasteiger partial charge in [0.2, 0.25) is 5.82 Å². The van der Waals surface area contributed by atoms with Gasteiger partial charge in [-0.2, -0.15) is 10.5 Å². The zero-order valence-electron chi connectivity index (χ0n) is 11.2. The number of allylic oxidation sites excluding steroid dienone is 1. The molecule has 0 aliphatic heterocycles. The highest BCUT2D eigenvalue weighted by Crippen LogP contribution is 2.36. The number of nitriles is 1. The van der Waals surface area contributed by atoms with Gasteiger partial charge in [-0.3, -0.25) is 0 Å². The number of H-pyrrole nitrogens is 1. The summed E-state index contributed by atoms with van der Waals surface area (Å²) in [6, 6.07) is 5.23. The molecule has 108 valence electrons. The summed E-state index contributed by atoms with van der Waals surface area (Å²) >= 11 is 6.02. The summed E-state index contributed by atoms with van der Waals surface area (Å²) in [7, 11) is 3.02. The third-order valence-corrected chi connectivity index (χ3v) is 2.85. The van der Waals surface area contributed by atoms with Gasteiger partial charge in [0.1, 0.15) is 23.1 Å². The van der Waals surface area contributed by atoms with Crippen LogP contribution in [0.1, 0.15) is 5.82 Å². The second kappa shape index (κ2) is 6.58. The van der Waals surface area contributed by atoms with Gasteiger partial charge in [0.05, 0.1) is 24.9 Å². The van der Waals surface area contributed by atoms with E-state index in [2.05, 4.69) is 25.9 Å². The number of tetrazole rings is 1. The molecule has 0 unspecified atom stereocenters. The van der Waals surface area contributed by atoms with Crippen molar-refractivity contribution in [2.24, 2.45) is 0 Å². The minimum atomic E-state index is 0.185. The highest BCUT2D eigenvalue weighted by atomic mass is 35.5. The Labute approximate surface area is 125 Å². The van der Waals surface area contributed by atoms with Gasteiger partial charge in [0.25, 0.3) is 0 Å². The number of methoxy groups -OCH3 is 2. The van der Waals surface area contributed by atoms with Crippen molar-refractivity contribution in [2.75, 3.05) is 19.5 Å². The smallest absolute Gasteiger partial charge is 0.216 e. The van der Waals surface area contributed by atoms with Crippen LogP contribution in [0.15, 0.2) is 18.3 Å². The molecule has 1 heterocycles. The average molecular weight is 307 g/mol. The van der Waals surface area contributed by atoms with Crippen LogP contribution >= 0.6 is 11.6 Å². The zero-order valence-corrected chi connectivity index (χ0v) is 12.0. The Morgan fingerprint density at radius 1 is 1.38 bits per heavy atom. The minimum absolute atomic E-state index is 0.185. The van der Waals surface area contributed by atoms with Crippen molar-refractivity contribution in [1.29, 1.82) is 5.26 Å². The molecule has 0 radical (unpaired) electrons. The number of aromatic amines is 1. The lowest BCUT2D eigenvalue weighted by molar-refractivity contribution is 0.405. The molecule has 8 nitrogen and oxygen atoms in total. The van der Waals surface area contributed by atoms with E-state index in [1.807, 2.05) is 6.07 Å². The van der Waals surface area contributed by atoms with Crippen LogP contribution < -0.4 is 14.8 Å². The summed E-state index contributed by atoms with van der Waals surface area (Å²) in [5, 5.41) is 25.6. The zero-order chi connectivity index (χ0) is 15.2. The van der Waals surface area contributed by atoms with Gasteiger partial charge in [-0.25, -0.2) is 0 Å². The van der Waals surface area contributed by atoms with Crippen LogP contribution in [0.25, 0.3) is 5.57 Å². The van der Waals surface area contributed by atoms with E-state index < -0.39 is 0 Å². The molecule has 1 aromatic carbocycles. The molecular weight excluding hydrogens is 296 g/mol. The maximum atomic E-state index is 9.09. The van der Waals surface area contributed by atoms with Crippen LogP contribution in [-0.4, -0.2) is 34.8 Å². The fourth-order valence-electron chi connectivity index (χ4n) is 1.55. The number of hydrogen-bond donors (Lipinski definition) is 2. The van der Waals surface area contributed by atoms with E-state index in [1.165, 1.54) is 20.4 Å². The predicted molar refractivity (Wildman–Crippen MR) is 75.9 cm³/mol. The van der Waals surface area contributed by atoms with Crippen molar-refractivity contribution in [2.45, 2.75) is 0 Å². The van der Waals surface area contributed by atoms with Gasteiger partial charge >= 0.3 is 0 Å². The number of rotatable bonds is 5. The highest BCUT2D eigenvalue weighted by Gasteiger charge is 2.10. The van der Waals surface area contributed by atoms with Crippen molar-refractivity contribution in [3.05, 3.63) is 29.2 Å². The Morgan fingerprint density at radius 3 is 2.71 bits per heavy atom. The number of ether oxygens (including phenoxy) is 2. The molecule has 0 spiro atoms. The van der Waals surface area contributed by atoms with Crippen molar-refractivity contribution >= 4 is 22.9 Å². The van der Waals surface area contributed by atoms with Gasteiger partial charge < -0.3 is 14.8 Å². The average Bonchev–Trinajstić information content (AvgIpc) is 3.03. The lowest BCUT2D eigenvalue weighted by Gasteiger charge is -2.11. The number of halogens is 1. The topological polar surface area (TPSA) is 109 Å². The standard InChI is InChI=1S/C12H11ClN6O2/c1-20-10-4-9(11(21-2)3-8(10)13)15-6-7(5-14)12-16-18-19-17-12/h3-4,6,15H,1-2H3,(H,16,17,18,19). The Kier molecular flexibility index (Phi) is 4.58. The monoisotopic (exact) mass is 306 g/mol. The summed E-state index contributed by atoms with van der Waals surface area (Å²) in [5.41, 5.74) is 0.787. The van der Waals surface area contributed by atoms with E-state index in [4.69, 9.17) is 26.3 Å². The molecule has 2 rings (SSSR count). The molecule has 21 heavy (non-hydrogen) atoms. The maximum absolute atomic E-state index is 9.09. The fourth-order valence-corrected chi connectivity index (χ4v) is 1.78. The first-order valence-electron chi connectivity index (χ1n) is 5.71. The number of aromatic nitrogens is 4. The van der Waals surface area contributed by atoms with Crippen LogP contribution in [0.5, 0.6) is 11.5 Å². The number of anilines is 1. The second-order valence-corrected chi connectivity index (χ2v) is 4.14. The molecule has 1 aromatic heterocycles. The van der Waals surface area contributed by atoms with Gasteiger partial charge in [-0.1, -0.05) is 11.6 Å². The molecule has 0 aliphatic rings. The van der Waals surface area contributed by atoms with Crippen LogP contribution in [0, 0.1) is 11.3 Å². The molecule has 0 amide bonds. The summed E-state index contributed by atoms with van der Waals surface area (Å²) < 4.78 is 10.4. The quantitative estimate of drug-likeness (QED) is 0.811. The van der Waals surface area contributed by atoms with Gasteiger partial charge in [-0.15, -0.1) is 10.2 Å². The normalized spacial score (nSPS) is 10.9. The first kappa shape index (κ1) is 14.6. The molecule has 0 saturated heterocycles. The van der Waals surface area contributed by atoms with E-state index in [-0.39, 0.29) is 11.4 Å². The molecule has 0 saturated carbocycles. The molecule has 0 aliphatic carbocycles. The van der Waals surface area contributed by atoms with E-state index in [9.17, 15) is 0 Å². The number of benzene rings is 1. The number of hydrogen-bond acceptors (Lipinski definition) is 7. The highest BCUT2D eigenvalue weighted by molar-refractivity contribution is 6.32. The Bertz CT molecular complexity index is 693. The third-order valence-electron chi connectivity index (χ3n) is 2.55. The largest absolute Gasteiger partial charge is 0.495 e. The van der Waals surface area contributed by atoms with Crippen LogP contribution in [0.2, 0.25) is 5.02 Å². The summed E-state index contributed by atoms with van der Waals surface area (Å²) in [6.07, 6.45) is 1.44. The number of nitrogens with zero attached hydrogens (tertiary/aromatic N) is 4. The summed E-state index contributed by atoms with van der Waals surface area (Å²) in [4.78, 5) is 0. The molecule has 0 bridgehead atoms. The molecular formula is C12H11ClN6O2. The lowest BCUT2D eigenvalue weighted by atomic mass is 10.2. The van der Waals surface area contributed by atoms with E-state index >= 15 is 0 Å². The maximum Gasteiger partial charge on any atom is 0.216 e. The van der Waals surface area contributed by atoms with Gasteiger partial charge in [-0.05, 0) is 5.21 Å². The fraction of sp³-hybridized carbons (Fsp3) is 0.167. The second-order valence-electron chi connectivity index (χ2n) is 3.74. The van der Waals surface area contributed by atoms with Crippen molar-refractivity contribution in [3.8, 4) is 17.6 Å². The molecule has 0 fully saturated rings. The van der Waals surface area contributed by atoms with Crippen molar-refractivity contribution in [1.82, 2.24) is 20.6 Å². The van der Waals surface area contributed by atoms with E-state index in [1.54, 1.807) is 12.1 Å². The summed E-state index contributed by atoms with van der Waals surface area (Å²) in [5.74, 6) is 1.17. The number of nitrogens with one attached hydrogen (secondary N) is 2. The van der Waals surface area contributed by atoms with Crippen molar-refractivity contribution < 1.29 is 9.47 Å². The molecule has 0 atom stereocenters. The molecule has 2 N–H and O–H groups in total. The first-order chi connectivity index (χ1) is 10.2. The van der Waals surface area contributed by atoms with Crippen LogP contribution in [0.4, 0.5) is 5.69 Å². The van der Waals surface area contributed by atoms with E-state index in [0.29, 0.717) is 22.2 Å². The van der Waals surface area contributed by atoms with Crippen molar-refractivity contribution in [3.63, 3.8) is 0 Å². The van der Waals surface area contributed by atoms with Gasteiger partial charge in [0, 0.05) is 18.3 Å². The van der Waals surface area contributed by atoms with Crippen LogP contribution in [0.3, 0.4) is 0 Å². The molecule has 9 heteroatoms. The van der Waals surface area contributed by atoms with E-state index in [0.717, 1.165) is 0 Å². The Morgan fingerprint density at radius 2 is 2.14 bits per heavy atom. The minimum Gasteiger partial charge on any atom is -0.495 e. The SMILES string of the molecule is COc1cc(NC=C(C#N)c2nn[nH]n2)c(OC)cc1Cl. The first-order valence-corrected chi connectivity index (χ1v) is 6.09. The van der Waals surface area contributed by atoms with Gasteiger partial charge in [0.15, 0.2) is 0 Å². The summed E-state index contributed by atoms with van der Waals surface area (Å²) in [6.45, 7) is 0. The van der Waals surface area contributed by atoms with Crippen LogP contribution in [-0.2, 0) is 0 Å². The Hall–Kier alpha value is -2.79.